The Bertz CT molecular complexity index is 1110. The van der Waals surface area contributed by atoms with Gasteiger partial charge in [-0.3, -0.25) is 0 Å². The van der Waals surface area contributed by atoms with Gasteiger partial charge >= 0.3 is 6.18 Å². The number of aryl methyl sites for hydroxylation is 2. The van der Waals surface area contributed by atoms with Crippen LogP contribution >= 0.6 is 0 Å². The minimum atomic E-state index is -4.71. The van der Waals surface area contributed by atoms with E-state index in [-0.39, 0.29) is 12.2 Å². The number of para-hydroxylation sites is 2. The molecule has 3 rings (SSSR count). The van der Waals surface area contributed by atoms with Crippen molar-refractivity contribution in [2.24, 2.45) is 12.2 Å². The summed E-state index contributed by atoms with van der Waals surface area (Å²) in [5.41, 5.74) is 0.598. The third-order valence-electron chi connectivity index (χ3n) is 4.40. The lowest BCUT2D eigenvalue weighted by molar-refractivity contribution is -0.137. The third kappa shape index (κ3) is 4.28. The number of aromatic nitrogens is 2. The molecule has 0 saturated heterocycles. The van der Waals surface area contributed by atoms with E-state index in [1.807, 2.05) is 35.9 Å². The molecule has 0 unspecified atom stereocenters. The molecule has 1 heterocycles. The highest BCUT2D eigenvalue weighted by atomic mass is 32.2. The molecule has 3 aromatic rings. The summed E-state index contributed by atoms with van der Waals surface area (Å²) in [6.07, 6.45) is -3.58. The first kappa shape index (κ1) is 20.2. The summed E-state index contributed by atoms with van der Waals surface area (Å²) in [5, 5.41) is 7.66. The van der Waals surface area contributed by atoms with Crippen LogP contribution in [0.25, 0.3) is 11.0 Å². The van der Waals surface area contributed by atoms with Crippen LogP contribution in [0.5, 0.6) is 0 Å². The maximum absolute atomic E-state index is 13.3. The number of hydrogen-bond acceptors (Lipinski definition) is 4. The van der Waals surface area contributed by atoms with Crippen molar-refractivity contribution in [3.05, 3.63) is 53.9 Å². The topological polar surface area (TPSA) is 90.0 Å². The first-order chi connectivity index (χ1) is 13.1. The number of nitrogens with one attached hydrogen (secondary N) is 1. The molecule has 28 heavy (non-hydrogen) atoms. The zero-order valence-corrected chi connectivity index (χ0v) is 15.8. The normalized spacial score (nSPS) is 12.5. The number of imidazole rings is 1. The Morgan fingerprint density at radius 1 is 1.18 bits per heavy atom. The third-order valence-corrected chi connectivity index (χ3v) is 5.31. The van der Waals surface area contributed by atoms with Gasteiger partial charge in [0.1, 0.15) is 5.82 Å². The minimum Gasteiger partial charge on any atom is -0.385 e. The number of fused-ring (bicyclic) bond motifs is 1. The molecule has 0 aliphatic carbocycles. The summed E-state index contributed by atoms with van der Waals surface area (Å²) in [4.78, 5) is 3.95. The molecule has 0 saturated carbocycles. The van der Waals surface area contributed by atoms with E-state index in [1.54, 1.807) is 0 Å². The number of nitrogens with zero attached hydrogens (tertiary/aromatic N) is 2. The van der Waals surface area contributed by atoms with Gasteiger partial charge in [-0.25, -0.2) is 18.5 Å². The summed E-state index contributed by atoms with van der Waals surface area (Å²) in [6.45, 7) is 0.265. The minimum absolute atomic E-state index is 0.190. The van der Waals surface area contributed by atoms with Gasteiger partial charge in [-0.2, -0.15) is 13.2 Å². The van der Waals surface area contributed by atoms with Crippen molar-refractivity contribution in [3.8, 4) is 0 Å². The summed E-state index contributed by atoms with van der Waals surface area (Å²) < 4.78 is 64.4. The number of primary sulfonamides is 1. The fourth-order valence-electron chi connectivity index (χ4n) is 2.98. The maximum atomic E-state index is 13.3. The van der Waals surface area contributed by atoms with E-state index in [1.165, 1.54) is 0 Å². The quantitative estimate of drug-likeness (QED) is 0.608. The van der Waals surface area contributed by atoms with E-state index < -0.39 is 26.7 Å². The van der Waals surface area contributed by atoms with Gasteiger partial charge in [0, 0.05) is 25.7 Å². The highest BCUT2D eigenvalue weighted by Crippen LogP contribution is 2.36. The average molecular weight is 412 g/mol. The number of rotatable bonds is 6. The molecule has 0 fully saturated rings. The van der Waals surface area contributed by atoms with E-state index in [0.29, 0.717) is 18.9 Å². The number of benzene rings is 2. The second-order valence-corrected chi connectivity index (χ2v) is 7.92. The molecule has 3 N–H and O–H groups in total. The Hall–Kier alpha value is -2.59. The van der Waals surface area contributed by atoms with Crippen LogP contribution in [0.15, 0.2) is 47.4 Å². The highest BCUT2D eigenvalue weighted by molar-refractivity contribution is 7.89. The SMILES string of the molecule is Cn1c(CCCNc2ccc(S(N)(=O)=O)cc2C(F)(F)F)nc2ccccc21. The lowest BCUT2D eigenvalue weighted by Gasteiger charge is -2.15. The molecule has 0 aliphatic heterocycles. The lowest BCUT2D eigenvalue weighted by atomic mass is 10.1. The first-order valence-corrected chi connectivity index (χ1v) is 10.0. The van der Waals surface area contributed by atoms with Crippen LogP contribution in [-0.4, -0.2) is 24.5 Å². The van der Waals surface area contributed by atoms with Gasteiger partial charge in [-0.15, -0.1) is 0 Å². The maximum Gasteiger partial charge on any atom is 0.418 e. The Kier molecular flexibility index (Phi) is 5.35. The Balaban J connectivity index is 1.71. The molecule has 0 atom stereocenters. The van der Waals surface area contributed by atoms with Crippen molar-refractivity contribution in [1.29, 1.82) is 0 Å². The zero-order valence-electron chi connectivity index (χ0n) is 15.0. The van der Waals surface area contributed by atoms with Crippen molar-refractivity contribution in [2.45, 2.75) is 23.9 Å². The second-order valence-electron chi connectivity index (χ2n) is 6.36. The lowest BCUT2D eigenvalue weighted by Crippen LogP contribution is -2.16. The molecule has 1 aromatic heterocycles. The number of nitrogens with two attached hydrogens (primary N) is 1. The molecule has 0 aliphatic rings. The Labute approximate surface area is 160 Å². The summed E-state index contributed by atoms with van der Waals surface area (Å²) in [5.74, 6) is 0.837. The smallest absolute Gasteiger partial charge is 0.385 e. The molecule has 2 aromatic carbocycles. The van der Waals surface area contributed by atoms with Crippen LogP contribution in [0.3, 0.4) is 0 Å². The fraction of sp³-hybridized carbons (Fsp3) is 0.278. The fourth-order valence-corrected chi connectivity index (χ4v) is 3.52. The molecule has 10 heteroatoms. The predicted octanol–water partition coefficient (Wildman–Crippen LogP) is 3.28. The van der Waals surface area contributed by atoms with Crippen molar-refractivity contribution >= 4 is 26.7 Å². The van der Waals surface area contributed by atoms with Gasteiger partial charge in [0.25, 0.3) is 0 Å². The Morgan fingerprint density at radius 3 is 2.54 bits per heavy atom. The van der Waals surface area contributed by atoms with Gasteiger partial charge in [0.05, 0.1) is 21.5 Å². The second kappa shape index (κ2) is 7.44. The van der Waals surface area contributed by atoms with Crippen LogP contribution < -0.4 is 10.5 Å². The molecular formula is C18H19F3N4O2S. The molecular weight excluding hydrogens is 393 g/mol. The number of halogens is 3. The molecule has 0 amide bonds. The molecule has 6 nitrogen and oxygen atoms in total. The standard InChI is InChI=1S/C18H19F3N4O2S/c1-25-16-6-3-2-5-15(16)24-17(25)7-4-10-23-14-9-8-12(28(22,26)27)11-13(14)18(19,20)21/h2-3,5-6,8-9,11,23H,4,7,10H2,1H3,(H2,22,26,27). The Morgan fingerprint density at radius 2 is 1.89 bits per heavy atom. The monoisotopic (exact) mass is 412 g/mol. The van der Waals surface area contributed by atoms with Gasteiger partial charge in [-0.1, -0.05) is 12.1 Å². The van der Waals surface area contributed by atoms with Crippen molar-refractivity contribution in [1.82, 2.24) is 9.55 Å². The van der Waals surface area contributed by atoms with E-state index >= 15 is 0 Å². The largest absolute Gasteiger partial charge is 0.418 e. The van der Waals surface area contributed by atoms with Crippen LogP contribution in [0, 0.1) is 0 Å². The van der Waals surface area contributed by atoms with Gasteiger partial charge in [-0.05, 0) is 36.8 Å². The van der Waals surface area contributed by atoms with Crippen molar-refractivity contribution in [3.63, 3.8) is 0 Å². The van der Waals surface area contributed by atoms with Crippen molar-refractivity contribution < 1.29 is 21.6 Å². The number of anilines is 1. The molecule has 150 valence electrons. The van der Waals surface area contributed by atoms with Crippen LogP contribution in [-0.2, 0) is 29.7 Å². The van der Waals surface area contributed by atoms with E-state index in [0.717, 1.165) is 29.0 Å². The number of sulfonamides is 1. The van der Waals surface area contributed by atoms with Crippen molar-refractivity contribution in [2.75, 3.05) is 11.9 Å². The highest BCUT2D eigenvalue weighted by Gasteiger charge is 2.34. The van der Waals surface area contributed by atoms with Gasteiger partial charge < -0.3 is 9.88 Å². The average Bonchev–Trinajstić information content (AvgIpc) is 2.93. The predicted molar refractivity (Wildman–Crippen MR) is 100 cm³/mol. The van der Waals surface area contributed by atoms with E-state index in [4.69, 9.17) is 5.14 Å². The summed E-state index contributed by atoms with van der Waals surface area (Å²) in [7, 11) is -2.33. The first-order valence-electron chi connectivity index (χ1n) is 8.45. The zero-order chi connectivity index (χ0) is 20.5. The number of hydrogen-bond donors (Lipinski definition) is 2. The van der Waals surface area contributed by atoms with Gasteiger partial charge in [0.2, 0.25) is 10.0 Å². The molecule has 0 spiro atoms. The number of alkyl halides is 3. The van der Waals surface area contributed by atoms with Crippen LogP contribution in [0.1, 0.15) is 17.8 Å². The molecule has 0 bridgehead atoms. The van der Waals surface area contributed by atoms with Crippen LogP contribution in [0.4, 0.5) is 18.9 Å². The van der Waals surface area contributed by atoms with E-state index in [9.17, 15) is 21.6 Å². The summed E-state index contributed by atoms with van der Waals surface area (Å²) >= 11 is 0. The summed E-state index contributed by atoms with van der Waals surface area (Å²) in [6, 6.07) is 10.3. The molecule has 0 radical (unpaired) electrons. The van der Waals surface area contributed by atoms with Gasteiger partial charge in [0.15, 0.2) is 0 Å². The van der Waals surface area contributed by atoms with Crippen LogP contribution in [0.2, 0.25) is 0 Å². The van der Waals surface area contributed by atoms with E-state index in [2.05, 4.69) is 10.3 Å².